The highest BCUT2D eigenvalue weighted by Gasteiger charge is 2.36. The maximum Gasteiger partial charge on any atom is 0.191 e. The lowest BCUT2D eigenvalue weighted by Gasteiger charge is -2.36. The van der Waals surface area contributed by atoms with Gasteiger partial charge in [0.1, 0.15) is 0 Å². The molecule has 0 aliphatic heterocycles. The number of nitrogens with zero attached hydrogens (tertiary/aromatic N) is 1. The van der Waals surface area contributed by atoms with Crippen LogP contribution in [0, 0.1) is 0 Å². The molecule has 0 unspecified atom stereocenters. The van der Waals surface area contributed by atoms with E-state index >= 15 is 0 Å². The number of aliphatic hydroxyl groups excluding tert-OH is 1. The number of hydrogen-bond donors (Lipinski definition) is 1. The van der Waals surface area contributed by atoms with Crippen LogP contribution < -0.4 is 0 Å². The minimum atomic E-state index is -1.69. The Bertz CT molecular complexity index is 373. The molecule has 0 fully saturated rings. The van der Waals surface area contributed by atoms with Crippen molar-refractivity contribution in [2.75, 3.05) is 6.61 Å². The molecule has 4 heteroatoms. The third kappa shape index (κ3) is 5.43. The fourth-order valence-corrected chi connectivity index (χ4v) is 2.59. The highest BCUT2D eigenvalue weighted by Crippen LogP contribution is 2.36. The van der Waals surface area contributed by atoms with Crippen LogP contribution in [0.5, 0.6) is 0 Å². The summed E-state index contributed by atoms with van der Waals surface area (Å²) in [7, 11) is -1.69. The molecule has 0 aliphatic rings. The Hall–Kier alpha value is -0.713. The van der Waals surface area contributed by atoms with Gasteiger partial charge in [0.25, 0.3) is 0 Å². The second-order valence-electron chi connectivity index (χ2n) is 6.58. The number of aliphatic hydroxyl groups is 1. The van der Waals surface area contributed by atoms with Gasteiger partial charge in [-0.25, -0.2) is 0 Å². The molecule has 1 atom stereocenters. The first kappa shape index (κ1) is 16.3. The number of pyridine rings is 1. The fraction of sp³-hybridized carbons (Fsp3) is 0.667. The van der Waals surface area contributed by atoms with Gasteiger partial charge < -0.3 is 9.53 Å². The lowest BCUT2D eigenvalue weighted by molar-refractivity contribution is 0.134. The molecule has 1 heterocycles. The van der Waals surface area contributed by atoms with Crippen LogP contribution in [0.2, 0.25) is 18.1 Å². The molecule has 0 aliphatic carbocycles. The monoisotopic (exact) mass is 281 g/mol. The zero-order valence-corrected chi connectivity index (χ0v) is 13.8. The summed E-state index contributed by atoms with van der Waals surface area (Å²) < 4.78 is 6.06. The van der Waals surface area contributed by atoms with E-state index in [0.717, 1.165) is 5.69 Å². The zero-order chi connectivity index (χ0) is 14.5. The molecule has 0 aromatic carbocycles. The molecule has 3 nitrogen and oxygen atoms in total. The molecule has 1 N–H and O–H groups in total. The second-order valence-corrected chi connectivity index (χ2v) is 11.4. The summed E-state index contributed by atoms with van der Waals surface area (Å²) in [5.74, 6) is 0. The van der Waals surface area contributed by atoms with Crippen molar-refractivity contribution in [1.29, 1.82) is 0 Å². The average Bonchev–Trinajstić information content (AvgIpc) is 2.28. The lowest BCUT2D eigenvalue weighted by atomic mass is 10.1. The van der Waals surface area contributed by atoms with Crippen molar-refractivity contribution in [3.05, 3.63) is 30.1 Å². The number of hydrogen-bond acceptors (Lipinski definition) is 3. The summed E-state index contributed by atoms with van der Waals surface area (Å²) in [6, 6.07) is 5.77. The Morgan fingerprint density at radius 2 is 2.00 bits per heavy atom. The number of rotatable bonds is 6. The summed E-state index contributed by atoms with van der Waals surface area (Å²) in [6.45, 7) is 11.8. The molecule has 0 amide bonds. The van der Waals surface area contributed by atoms with E-state index in [4.69, 9.17) is 4.43 Å². The molecule has 1 aromatic heterocycles. The summed E-state index contributed by atoms with van der Waals surface area (Å²) in [4.78, 5) is 4.22. The molecule has 19 heavy (non-hydrogen) atoms. The van der Waals surface area contributed by atoms with Gasteiger partial charge in [-0.3, -0.25) is 4.98 Å². The van der Waals surface area contributed by atoms with Gasteiger partial charge in [0.05, 0.1) is 6.10 Å². The summed E-state index contributed by atoms with van der Waals surface area (Å²) >= 11 is 0. The normalized spacial score (nSPS) is 14.4. The van der Waals surface area contributed by atoms with Crippen LogP contribution in [0.1, 0.15) is 32.9 Å². The molecule has 1 rings (SSSR count). The van der Waals surface area contributed by atoms with Crippen molar-refractivity contribution >= 4 is 8.32 Å². The molecule has 0 spiro atoms. The number of aromatic nitrogens is 1. The van der Waals surface area contributed by atoms with E-state index in [9.17, 15) is 5.11 Å². The Morgan fingerprint density at radius 3 is 2.53 bits per heavy atom. The van der Waals surface area contributed by atoms with Crippen LogP contribution >= 0.6 is 0 Å². The smallest absolute Gasteiger partial charge is 0.191 e. The van der Waals surface area contributed by atoms with Crippen LogP contribution in [-0.4, -0.2) is 31.1 Å². The van der Waals surface area contributed by atoms with Crippen molar-refractivity contribution in [3.8, 4) is 0 Å². The average molecular weight is 281 g/mol. The van der Waals surface area contributed by atoms with Crippen molar-refractivity contribution in [2.24, 2.45) is 0 Å². The Morgan fingerprint density at radius 1 is 1.32 bits per heavy atom. The highest BCUT2D eigenvalue weighted by molar-refractivity contribution is 6.74. The first-order valence-corrected chi connectivity index (χ1v) is 9.85. The van der Waals surface area contributed by atoms with Gasteiger partial charge in [0, 0.05) is 24.9 Å². The molecule has 0 radical (unpaired) electrons. The Balaban J connectivity index is 2.34. The molecular formula is C15H27NO2Si. The SMILES string of the molecule is CC(C)(C)[Si](C)(C)OCC[C@H](O)Cc1ccccn1. The van der Waals surface area contributed by atoms with Crippen LogP contribution in [0.25, 0.3) is 0 Å². The third-order valence-corrected chi connectivity index (χ3v) is 8.43. The van der Waals surface area contributed by atoms with Gasteiger partial charge in [-0.1, -0.05) is 26.8 Å². The predicted molar refractivity (Wildman–Crippen MR) is 81.7 cm³/mol. The van der Waals surface area contributed by atoms with E-state index in [1.54, 1.807) is 6.20 Å². The first-order chi connectivity index (χ1) is 8.72. The molecule has 0 saturated carbocycles. The zero-order valence-electron chi connectivity index (χ0n) is 12.8. The van der Waals surface area contributed by atoms with E-state index in [1.165, 1.54) is 0 Å². The van der Waals surface area contributed by atoms with Gasteiger partial charge in [-0.15, -0.1) is 0 Å². The highest BCUT2D eigenvalue weighted by atomic mass is 28.4. The van der Waals surface area contributed by atoms with E-state index in [-0.39, 0.29) is 11.1 Å². The summed E-state index contributed by atoms with van der Waals surface area (Å²) in [5.41, 5.74) is 0.933. The van der Waals surface area contributed by atoms with Crippen LogP contribution in [0.3, 0.4) is 0 Å². The quantitative estimate of drug-likeness (QED) is 0.813. The second kappa shape index (κ2) is 6.64. The molecule has 0 bridgehead atoms. The first-order valence-electron chi connectivity index (χ1n) is 6.94. The third-order valence-electron chi connectivity index (χ3n) is 3.89. The summed E-state index contributed by atoms with van der Waals surface area (Å²) in [6.07, 6.45) is 2.65. The maximum atomic E-state index is 10.00. The van der Waals surface area contributed by atoms with E-state index in [1.807, 2.05) is 18.2 Å². The van der Waals surface area contributed by atoms with Crippen LogP contribution in [-0.2, 0) is 10.8 Å². The molecule has 1 aromatic rings. The molecule has 108 valence electrons. The fourth-order valence-electron chi connectivity index (χ4n) is 1.53. The topological polar surface area (TPSA) is 42.4 Å². The van der Waals surface area contributed by atoms with Crippen molar-refractivity contribution in [1.82, 2.24) is 4.98 Å². The van der Waals surface area contributed by atoms with Gasteiger partial charge in [-0.05, 0) is 36.7 Å². The molecule has 0 saturated heterocycles. The summed E-state index contributed by atoms with van der Waals surface area (Å²) in [5, 5.41) is 10.2. The van der Waals surface area contributed by atoms with Crippen LogP contribution in [0.15, 0.2) is 24.4 Å². The van der Waals surface area contributed by atoms with Gasteiger partial charge >= 0.3 is 0 Å². The van der Waals surface area contributed by atoms with Crippen molar-refractivity contribution in [2.45, 2.75) is 57.8 Å². The minimum absolute atomic E-state index is 0.221. The lowest BCUT2D eigenvalue weighted by Crippen LogP contribution is -2.41. The van der Waals surface area contributed by atoms with E-state index < -0.39 is 8.32 Å². The van der Waals surface area contributed by atoms with Crippen molar-refractivity contribution in [3.63, 3.8) is 0 Å². The Labute approximate surface area is 118 Å². The van der Waals surface area contributed by atoms with Crippen LogP contribution in [0.4, 0.5) is 0 Å². The van der Waals surface area contributed by atoms with Gasteiger partial charge in [-0.2, -0.15) is 0 Å². The standard InChI is InChI=1S/C15H27NO2Si/c1-15(2,3)19(4,5)18-11-9-14(17)12-13-8-6-7-10-16-13/h6-8,10,14,17H,9,11-12H2,1-5H3/t14-/m0/s1. The maximum absolute atomic E-state index is 10.00. The van der Waals surface area contributed by atoms with Gasteiger partial charge in [0.15, 0.2) is 8.32 Å². The predicted octanol–water partition coefficient (Wildman–Crippen LogP) is 3.40. The van der Waals surface area contributed by atoms with E-state index in [0.29, 0.717) is 19.4 Å². The molecular weight excluding hydrogens is 254 g/mol. The van der Waals surface area contributed by atoms with Crippen molar-refractivity contribution < 1.29 is 9.53 Å². The van der Waals surface area contributed by atoms with Gasteiger partial charge in [0.2, 0.25) is 0 Å². The minimum Gasteiger partial charge on any atom is -0.417 e. The largest absolute Gasteiger partial charge is 0.417 e. The van der Waals surface area contributed by atoms with E-state index in [2.05, 4.69) is 38.8 Å². The Kier molecular flexibility index (Phi) is 5.71.